The number of rotatable bonds is 5. The Morgan fingerprint density at radius 1 is 1.12 bits per heavy atom. The molecule has 1 amide bonds. The Morgan fingerprint density at radius 3 is 2.62 bits per heavy atom. The van der Waals surface area contributed by atoms with Crippen LogP contribution in [0, 0.1) is 6.92 Å². The van der Waals surface area contributed by atoms with E-state index >= 15 is 0 Å². The average Bonchev–Trinajstić information content (AvgIpc) is 2.94. The summed E-state index contributed by atoms with van der Waals surface area (Å²) in [6.07, 6.45) is 3.38. The predicted octanol–water partition coefficient (Wildman–Crippen LogP) is 3.51. The standard InChI is InChI=1S/C20H20N2O2/c1-14-12-16(8-10-18(14)24-2)13-17-20(23)22-19(21-17)11-9-15-6-4-3-5-7-15/h3-8,10,12-13H,9,11H2,1-2H3,(H,21,22,23)/b17-13+. The number of aliphatic imine (C=N–C) groups is 1. The van der Waals surface area contributed by atoms with Crippen molar-refractivity contribution in [2.75, 3.05) is 7.11 Å². The van der Waals surface area contributed by atoms with Gasteiger partial charge in [-0.05, 0) is 48.2 Å². The SMILES string of the molecule is COc1ccc(/C=C2/N=C(CCc3ccccc3)NC2=O)cc1C. The first-order chi connectivity index (χ1) is 11.7. The van der Waals surface area contributed by atoms with Crippen LogP contribution < -0.4 is 10.1 Å². The molecule has 4 heteroatoms. The fourth-order valence-corrected chi connectivity index (χ4v) is 2.69. The van der Waals surface area contributed by atoms with E-state index in [9.17, 15) is 4.79 Å². The molecule has 0 radical (unpaired) electrons. The molecule has 1 aliphatic heterocycles. The van der Waals surface area contributed by atoms with Gasteiger partial charge in [0.05, 0.1) is 7.11 Å². The number of nitrogens with one attached hydrogen (secondary N) is 1. The lowest BCUT2D eigenvalue weighted by Crippen LogP contribution is -2.24. The Hall–Kier alpha value is -2.88. The third-order valence-electron chi connectivity index (χ3n) is 3.96. The summed E-state index contributed by atoms with van der Waals surface area (Å²) in [7, 11) is 1.65. The van der Waals surface area contributed by atoms with Crippen LogP contribution in [0.5, 0.6) is 5.75 Å². The minimum absolute atomic E-state index is 0.147. The van der Waals surface area contributed by atoms with Gasteiger partial charge in [0.15, 0.2) is 0 Å². The van der Waals surface area contributed by atoms with Crippen LogP contribution in [0.25, 0.3) is 6.08 Å². The van der Waals surface area contributed by atoms with Gasteiger partial charge in [0, 0.05) is 6.42 Å². The third-order valence-corrected chi connectivity index (χ3v) is 3.96. The highest BCUT2D eigenvalue weighted by molar-refractivity contribution is 6.14. The second-order valence-corrected chi connectivity index (χ2v) is 5.76. The maximum Gasteiger partial charge on any atom is 0.275 e. The molecule has 0 aliphatic carbocycles. The maximum atomic E-state index is 12.1. The Bertz CT molecular complexity index is 808. The third kappa shape index (κ3) is 3.71. The number of carbonyl (C=O) groups excluding carboxylic acids is 1. The molecule has 122 valence electrons. The number of benzene rings is 2. The van der Waals surface area contributed by atoms with Gasteiger partial charge < -0.3 is 10.1 Å². The van der Waals surface area contributed by atoms with Gasteiger partial charge >= 0.3 is 0 Å². The smallest absolute Gasteiger partial charge is 0.275 e. The van der Waals surface area contributed by atoms with E-state index in [0.717, 1.165) is 29.1 Å². The summed E-state index contributed by atoms with van der Waals surface area (Å²) in [4.78, 5) is 16.5. The highest BCUT2D eigenvalue weighted by atomic mass is 16.5. The van der Waals surface area contributed by atoms with Crippen LogP contribution in [0.2, 0.25) is 0 Å². The number of aryl methyl sites for hydroxylation is 2. The number of hydrogen-bond acceptors (Lipinski definition) is 3. The first kappa shape index (κ1) is 16.0. The van der Waals surface area contributed by atoms with Gasteiger partial charge in [-0.15, -0.1) is 0 Å². The van der Waals surface area contributed by atoms with Gasteiger partial charge in [0.25, 0.3) is 5.91 Å². The van der Waals surface area contributed by atoms with Gasteiger partial charge in [-0.2, -0.15) is 0 Å². The molecule has 4 nitrogen and oxygen atoms in total. The van der Waals surface area contributed by atoms with Crippen molar-refractivity contribution in [1.82, 2.24) is 5.32 Å². The monoisotopic (exact) mass is 320 g/mol. The number of amidine groups is 1. The van der Waals surface area contributed by atoms with Crippen LogP contribution in [0.4, 0.5) is 0 Å². The highest BCUT2D eigenvalue weighted by Crippen LogP contribution is 2.21. The van der Waals surface area contributed by atoms with Gasteiger partial charge in [-0.1, -0.05) is 36.4 Å². The first-order valence-electron chi connectivity index (χ1n) is 7.95. The Morgan fingerprint density at radius 2 is 1.92 bits per heavy atom. The largest absolute Gasteiger partial charge is 0.496 e. The molecule has 1 heterocycles. The molecule has 1 aliphatic rings. The normalized spacial score (nSPS) is 15.3. The summed E-state index contributed by atoms with van der Waals surface area (Å²) in [5, 5.41) is 2.85. The lowest BCUT2D eigenvalue weighted by atomic mass is 10.1. The van der Waals surface area contributed by atoms with E-state index in [1.807, 2.05) is 43.3 Å². The van der Waals surface area contributed by atoms with E-state index in [4.69, 9.17) is 4.74 Å². The predicted molar refractivity (Wildman–Crippen MR) is 96.0 cm³/mol. The lowest BCUT2D eigenvalue weighted by Gasteiger charge is -2.04. The average molecular weight is 320 g/mol. The number of amides is 1. The first-order valence-corrected chi connectivity index (χ1v) is 7.95. The van der Waals surface area contributed by atoms with Gasteiger partial charge in [0.2, 0.25) is 0 Å². The molecular weight excluding hydrogens is 300 g/mol. The molecule has 0 aromatic heterocycles. The molecule has 0 unspecified atom stereocenters. The summed E-state index contributed by atoms with van der Waals surface area (Å²) in [6, 6.07) is 16.0. The number of carbonyl (C=O) groups is 1. The lowest BCUT2D eigenvalue weighted by molar-refractivity contribution is -0.115. The molecule has 2 aromatic carbocycles. The summed E-state index contributed by atoms with van der Waals surface area (Å²) in [6.45, 7) is 1.98. The second kappa shape index (κ2) is 7.13. The molecule has 0 saturated carbocycles. The molecule has 2 aromatic rings. The fraction of sp³-hybridized carbons (Fsp3) is 0.200. The quantitative estimate of drug-likeness (QED) is 0.857. The molecule has 3 rings (SSSR count). The molecule has 0 saturated heterocycles. The highest BCUT2D eigenvalue weighted by Gasteiger charge is 2.19. The van der Waals surface area contributed by atoms with Crippen molar-refractivity contribution < 1.29 is 9.53 Å². The Balaban J connectivity index is 1.72. The van der Waals surface area contributed by atoms with E-state index in [0.29, 0.717) is 12.1 Å². The minimum atomic E-state index is -0.147. The summed E-state index contributed by atoms with van der Waals surface area (Å²) in [5.74, 6) is 1.41. The molecule has 0 spiro atoms. The fourth-order valence-electron chi connectivity index (χ4n) is 2.69. The van der Waals surface area contributed by atoms with Crippen molar-refractivity contribution in [3.63, 3.8) is 0 Å². The van der Waals surface area contributed by atoms with E-state index in [2.05, 4.69) is 22.4 Å². The van der Waals surface area contributed by atoms with Gasteiger partial charge in [0.1, 0.15) is 17.3 Å². The van der Waals surface area contributed by atoms with Crippen LogP contribution in [-0.2, 0) is 11.2 Å². The van der Waals surface area contributed by atoms with Crippen molar-refractivity contribution in [2.24, 2.45) is 4.99 Å². The molecule has 0 bridgehead atoms. The Labute approximate surface area is 141 Å². The van der Waals surface area contributed by atoms with E-state index in [1.165, 1.54) is 5.56 Å². The summed E-state index contributed by atoms with van der Waals surface area (Å²) >= 11 is 0. The number of hydrogen-bond donors (Lipinski definition) is 1. The minimum Gasteiger partial charge on any atom is -0.496 e. The van der Waals surface area contributed by atoms with Crippen LogP contribution in [0.15, 0.2) is 59.2 Å². The molecule has 24 heavy (non-hydrogen) atoms. The molecule has 1 N–H and O–H groups in total. The topological polar surface area (TPSA) is 50.7 Å². The van der Waals surface area contributed by atoms with Crippen molar-refractivity contribution in [3.8, 4) is 5.75 Å². The molecule has 0 fully saturated rings. The van der Waals surface area contributed by atoms with Crippen molar-refractivity contribution in [3.05, 3.63) is 70.9 Å². The van der Waals surface area contributed by atoms with E-state index in [1.54, 1.807) is 13.2 Å². The van der Waals surface area contributed by atoms with Crippen molar-refractivity contribution >= 4 is 17.8 Å². The van der Waals surface area contributed by atoms with E-state index in [-0.39, 0.29) is 5.91 Å². The van der Waals surface area contributed by atoms with Gasteiger partial charge in [-0.25, -0.2) is 4.99 Å². The zero-order valence-electron chi connectivity index (χ0n) is 13.9. The van der Waals surface area contributed by atoms with Crippen molar-refractivity contribution in [1.29, 1.82) is 0 Å². The summed E-state index contributed by atoms with van der Waals surface area (Å²) in [5.41, 5.74) is 3.64. The second-order valence-electron chi connectivity index (χ2n) is 5.76. The maximum absolute atomic E-state index is 12.1. The number of nitrogens with zero attached hydrogens (tertiary/aromatic N) is 1. The van der Waals surface area contributed by atoms with Crippen LogP contribution in [-0.4, -0.2) is 18.9 Å². The van der Waals surface area contributed by atoms with Crippen LogP contribution in [0.3, 0.4) is 0 Å². The van der Waals surface area contributed by atoms with Gasteiger partial charge in [-0.3, -0.25) is 4.79 Å². The zero-order valence-corrected chi connectivity index (χ0v) is 13.9. The number of methoxy groups -OCH3 is 1. The number of ether oxygens (including phenoxy) is 1. The van der Waals surface area contributed by atoms with Crippen LogP contribution in [0.1, 0.15) is 23.1 Å². The molecule has 0 atom stereocenters. The van der Waals surface area contributed by atoms with Crippen molar-refractivity contribution in [2.45, 2.75) is 19.8 Å². The summed E-state index contributed by atoms with van der Waals surface area (Å²) < 4.78 is 5.25. The molecular formula is C20H20N2O2. The zero-order chi connectivity index (χ0) is 16.9. The van der Waals surface area contributed by atoms with Crippen LogP contribution >= 0.6 is 0 Å². The Kier molecular flexibility index (Phi) is 4.75. The van der Waals surface area contributed by atoms with E-state index < -0.39 is 0 Å².